The molecule has 1 aromatic carbocycles. The fourth-order valence-corrected chi connectivity index (χ4v) is 4.78. The van der Waals surface area contributed by atoms with E-state index in [0.29, 0.717) is 25.2 Å². The second-order valence-corrected chi connectivity index (χ2v) is 9.91. The zero-order valence-electron chi connectivity index (χ0n) is 21.5. The van der Waals surface area contributed by atoms with E-state index in [-0.39, 0.29) is 29.4 Å². The quantitative estimate of drug-likeness (QED) is 0.598. The number of aryl methyl sites for hydroxylation is 1. The molecule has 38 heavy (non-hydrogen) atoms. The number of halogens is 3. The topological polar surface area (TPSA) is 109 Å². The molecule has 2 amide bonds. The van der Waals surface area contributed by atoms with Crippen molar-refractivity contribution in [2.75, 3.05) is 13.1 Å². The highest BCUT2D eigenvalue weighted by atomic mass is 19.4. The number of likely N-dealkylation sites (tertiary alicyclic amines) is 1. The van der Waals surface area contributed by atoms with Crippen molar-refractivity contribution in [1.29, 1.82) is 0 Å². The number of nitrogens with zero attached hydrogens (tertiary/aromatic N) is 2. The molecular formula is C27H32F3N3O5. The van der Waals surface area contributed by atoms with E-state index in [9.17, 15) is 22.8 Å². The molecule has 0 radical (unpaired) electrons. The summed E-state index contributed by atoms with van der Waals surface area (Å²) in [6, 6.07) is 13.7. The van der Waals surface area contributed by atoms with Crippen LogP contribution in [0.1, 0.15) is 67.2 Å². The smallest absolute Gasteiger partial charge is 0.487 e. The van der Waals surface area contributed by atoms with Gasteiger partial charge in [0.05, 0.1) is 0 Å². The van der Waals surface area contributed by atoms with Crippen molar-refractivity contribution in [3.05, 3.63) is 59.4 Å². The number of aromatic nitrogens is 1. The molecule has 2 aliphatic heterocycles. The lowest BCUT2D eigenvalue weighted by Crippen LogP contribution is -2.52. The van der Waals surface area contributed by atoms with E-state index < -0.39 is 12.1 Å². The molecule has 0 aliphatic carbocycles. The lowest BCUT2D eigenvalue weighted by Gasteiger charge is -2.46. The van der Waals surface area contributed by atoms with Crippen LogP contribution in [0.2, 0.25) is 0 Å². The van der Waals surface area contributed by atoms with Crippen LogP contribution in [-0.4, -0.2) is 63.7 Å². The second kappa shape index (κ2) is 11.8. The number of rotatable bonds is 4. The number of aliphatic carboxylic acids is 1. The number of pyridine rings is 1. The van der Waals surface area contributed by atoms with Gasteiger partial charge in [-0.05, 0) is 51.0 Å². The Kier molecular flexibility index (Phi) is 9.01. The van der Waals surface area contributed by atoms with Crippen LogP contribution in [0.3, 0.4) is 0 Å². The monoisotopic (exact) mass is 535 g/mol. The molecule has 1 unspecified atom stereocenters. The van der Waals surface area contributed by atoms with Gasteiger partial charge in [0.25, 0.3) is 5.91 Å². The Bertz CT molecular complexity index is 1160. The van der Waals surface area contributed by atoms with Gasteiger partial charge in [0.15, 0.2) is 0 Å². The lowest BCUT2D eigenvalue weighted by atomic mass is 9.76. The van der Waals surface area contributed by atoms with E-state index in [2.05, 4.69) is 16.4 Å². The van der Waals surface area contributed by atoms with Crippen LogP contribution < -0.4 is 10.1 Å². The summed E-state index contributed by atoms with van der Waals surface area (Å²) in [7, 11) is 0. The number of fused-ring (bicyclic) bond motifs is 1. The van der Waals surface area contributed by atoms with E-state index in [4.69, 9.17) is 14.6 Å². The minimum absolute atomic E-state index is 0.0254. The molecule has 1 spiro atoms. The first-order valence-electron chi connectivity index (χ1n) is 12.4. The minimum Gasteiger partial charge on any atom is -0.487 e. The van der Waals surface area contributed by atoms with E-state index in [1.54, 1.807) is 6.07 Å². The van der Waals surface area contributed by atoms with E-state index in [0.717, 1.165) is 36.3 Å². The summed E-state index contributed by atoms with van der Waals surface area (Å²) in [5.41, 5.74) is 2.10. The van der Waals surface area contributed by atoms with Gasteiger partial charge >= 0.3 is 12.1 Å². The third-order valence-corrected chi connectivity index (χ3v) is 6.50. The summed E-state index contributed by atoms with van der Waals surface area (Å²) in [5.74, 6) is -1.72. The van der Waals surface area contributed by atoms with Crippen LogP contribution in [0.4, 0.5) is 13.2 Å². The Hall–Kier alpha value is -3.63. The number of carbonyl (C=O) groups is 3. The summed E-state index contributed by atoms with van der Waals surface area (Å²) in [6.07, 6.45) is -2.33. The fourth-order valence-electron chi connectivity index (χ4n) is 4.78. The van der Waals surface area contributed by atoms with Gasteiger partial charge in [-0.25, -0.2) is 9.78 Å². The van der Waals surface area contributed by atoms with Gasteiger partial charge in [0, 0.05) is 50.0 Å². The zero-order chi connectivity index (χ0) is 28.1. The van der Waals surface area contributed by atoms with E-state index in [1.807, 2.05) is 56.0 Å². The predicted molar refractivity (Wildman–Crippen MR) is 133 cm³/mol. The number of hydrogen-bond donors (Lipinski definition) is 2. The molecular weight excluding hydrogens is 503 g/mol. The summed E-state index contributed by atoms with van der Waals surface area (Å²) in [6.45, 7) is 7.11. The summed E-state index contributed by atoms with van der Waals surface area (Å²) < 4.78 is 38.3. The van der Waals surface area contributed by atoms with E-state index >= 15 is 0 Å². The maximum absolute atomic E-state index is 12.9. The molecule has 206 valence electrons. The zero-order valence-corrected chi connectivity index (χ0v) is 21.5. The Labute approximate surface area is 219 Å². The highest BCUT2D eigenvalue weighted by Gasteiger charge is 2.44. The standard InChI is InChI=1S/C25H31N3O3.C2HF3O2/c1-17(2)26-23(29)15-19-16-25(31-22-10-5-4-8-20(19)22)11-13-28(14-12-25)24(30)21-9-6-7-18(3)27-21;3-2(4,5)1(6)7/h4-10,17,19H,11-16H2,1-3H3,(H,26,29);(H,6,7). The Morgan fingerprint density at radius 1 is 1.13 bits per heavy atom. The fraction of sp³-hybridized carbons (Fsp3) is 0.481. The number of nitrogens with one attached hydrogen (secondary N) is 1. The van der Waals surface area contributed by atoms with Crippen LogP contribution in [0.15, 0.2) is 42.5 Å². The van der Waals surface area contributed by atoms with Crippen molar-refractivity contribution in [2.24, 2.45) is 0 Å². The molecule has 1 aromatic heterocycles. The maximum Gasteiger partial charge on any atom is 0.490 e. The largest absolute Gasteiger partial charge is 0.490 e. The molecule has 1 saturated heterocycles. The van der Waals surface area contributed by atoms with Crippen LogP contribution in [0, 0.1) is 6.92 Å². The summed E-state index contributed by atoms with van der Waals surface area (Å²) in [5, 5.41) is 10.1. The number of piperidine rings is 1. The molecule has 1 fully saturated rings. The molecule has 8 nitrogen and oxygen atoms in total. The normalized spacial score (nSPS) is 18.1. The molecule has 1 atom stereocenters. The van der Waals surface area contributed by atoms with Crippen LogP contribution in [0.25, 0.3) is 0 Å². The third kappa shape index (κ3) is 7.45. The van der Waals surface area contributed by atoms with Gasteiger partial charge in [0.1, 0.15) is 17.0 Å². The number of para-hydroxylation sites is 1. The van der Waals surface area contributed by atoms with Crippen molar-refractivity contribution < 1.29 is 37.4 Å². The van der Waals surface area contributed by atoms with Gasteiger partial charge in [-0.15, -0.1) is 0 Å². The number of carboxylic acids is 1. The molecule has 2 N–H and O–H groups in total. The highest BCUT2D eigenvalue weighted by molar-refractivity contribution is 5.92. The number of carboxylic acid groups (broad SMARTS) is 1. The first-order chi connectivity index (χ1) is 17.8. The third-order valence-electron chi connectivity index (χ3n) is 6.50. The van der Waals surface area contributed by atoms with Crippen molar-refractivity contribution in [1.82, 2.24) is 15.2 Å². The minimum atomic E-state index is -5.08. The number of benzene rings is 1. The Morgan fingerprint density at radius 2 is 1.76 bits per heavy atom. The first-order valence-corrected chi connectivity index (χ1v) is 12.4. The SMILES string of the molecule is Cc1cccc(C(=O)N2CCC3(CC2)CC(CC(=O)NC(C)C)c2ccccc2O3)n1.O=C(O)C(F)(F)F. The predicted octanol–water partition coefficient (Wildman–Crippen LogP) is 4.48. The van der Waals surface area contributed by atoms with Crippen LogP contribution in [-0.2, 0) is 9.59 Å². The number of ether oxygens (including phenoxy) is 1. The van der Waals surface area contributed by atoms with Gasteiger partial charge in [0.2, 0.25) is 5.91 Å². The van der Waals surface area contributed by atoms with Gasteiger partial charge in [-0.3, -0.25) is 9.59 Å². The summed E-state index contributed by atoms with van der Waals surface area (Å²) in [4.78, 5) is 40.6. The Morgan fingerprint density at radius 3 is 2.34 bits per heavy atom. The summed E-state index contributed by atoms with van der Waals surface area (Å²) >= 11 is 0. The Balaban J connectivity index is 0.000000505. The average molecular weight is 536 g/mol. The maximum atomic E-state index is 12.9. The number of alkyl halides is 3. The van der Waals surface area contributed by atoms with E-state index in [1.165, 1.54) is 0 Å². The van der Waals surface area contributed by atoms with Crippen molar-refractivity contribution >= 4 is 17.8 Å². The average Bonchev–Trinajstić information content (AvgIpc) is 2.83. The van der Waals surface area contributed by atoms with Crippen molar-refractivity contribution in [3.8, 4) is 5.75 Å². The van der Waals surface area contributed by atoms with Crippen molar-refractivity contribution in [3.63, 3.8) is 0 Å². The van der Waals surface area contributed by atoms with Crippen LogP contribution >= 0.6 is 0 Å². The van der Waals surface area contributed by atoms with Crippen molar-refractivity contribution in [2.45, 2.75) is 70.2 Å². The molecule has 2 aromatic rings. The van der Waals surface area contributed by atoms with Gasteiger partial charge in [-0.1, -0.05) is 24.3 Å². The number of hydrogen-bond acceptors (Lipinski definition) is 5. The number of carbonyl (C=O) groups excluding carboxylic acids is 2. The number of amides is 2. The lowest BCUT2D eigenvalue weighted by molar-refractivity contribution is -0.192. The molecule has 11 heteroatoms. The van der Waals surface area contributed by atoms with Crippen LogP contribution in [0.5, 0.6) is 5.75 Å². The second-order valence-electron chi connectivity index (χ2n) is 9.91. The highest BCUT2D eigenvalue weighted by Crippen LogP contribution is 2.46. The van der Waals surface area contributed by atoms with Gasteiger partial charge < -0.3 is 20.1 Å². The molecule has 3 heterocycles. The molecule has 0 saturated carbocycles. The molecule has 2 aliphatic rings. The molecule has 4 rings (SSSR count). The first kappa shape index (κ1) is 28.9. The van der Waals surface area contributed by atoms with Gasteiger partial charge in [-0.2, -0.15) is 13.2 Å². The molecule has 0 bridgehead atoms.